The smallest absolute Gasteiger partial charge is 0.261 e. The molecule has 0 heterocycles. The van der Waals surface area contributed by atoms with Gasteiger partial charge in [0.15, 0.2) is 0 Å². The molecule has 0 aliphatic heterocycles. The molecular formula is C15H17BrN2O5S2. The molecule has 0 spiro atoms. The Hall–Kier alpha value is -1.62. The highest BCUT2D eigenvalue weighted by Gasteiger charge is 2.24. The minimum Gasteiger partial charge on any atom is -0.495 e. The lowest BCUT2D eigenvalue weighted by Gasteiger charge is -2.16. The molecule has 0 bridgehead atoms. The molecule has 7 nitrogen and oxygen atoms in total. The van der Waals surface area contributed by atoms with Crippen molar-refractivity contribution < 1.29 is 21.6 Å². The Kier molecular flexibility index (Phi) is 5.77. The van der Waals surface area contributed by atoms with Crippen molar-refractivity contribution >= 4 is 41.7 Å². The third kappa shape index (κ3) is 4.32. The minimum absolute atomic E-state index is 0.0507. The van der Waals surface area contributed by atoms with Crippen molar-refractivity contribution in [3.05, 3.63) is 46.9 Å². The topological polar surface area (TPSA) is 92.8 Å². The summed E-state index contributed by atoms with van der Waals surface area (Å²) in [5.74, 6) is 0.124. The summed E-state index contributed by atoms with van der Waals surface area (Å²) in [6.07, 6.45) is 0. The quantitative estimate of drug-likeness (QED) is 0.732. The molecule has 0 unspecified atom stereocenters. The highest BCUT2D eigenvalue weighted by atomic mass is 79.9. The second-order valence-corrected chi connectivity index (χ2v) is 9.93. The lowest BCUT2D eigenvalue weighted by Crippen LogP contribution is -2.23. The lowest BCUT2D eigenvalue weighted by molar-refractivity contribution is 0.400. The maximum atomic E-state index is 12.5. The maximum absolute atomic E-state index is 12.5. The molecule has 10 heteroatoms. The first-order valence-corrected chi connectivity index (χ1v) is 10.7. The molecule has 0 amide bonds. The largest absolute Gasteiger partial charge is 0.495 e. The first kappa shape index (κ1) is 19.7. The van der Waals surface area contributed by atoms with E-state index in [-0.39, 0.29) is 21.2 Å². The number of benzene rings is 2. The summed E-state index contributed by atoms with van der Waals surface area (Å²) in [5, 5.41) is 0. The van der Waals surface area contributed by atoms with E-state index in [2.05, 4.69) is 20.7 Å². The molecule has 0 saturated carbocycles. The predicted octanol–water partition coefficient (Wildman–Crippen LogP) is 2.51. The summed E-state index contributed by atoms with van der Waals surface area (Å²) >= 11 is 3.22. The van der Waals surface area contributed by atoms with Gasteiger partial charge in [0.25, 0.3) is 10.0 Å². The van der Waals surface area contributed by atoms with Crippen LogP contribution in [0, 0.1) is 0 Å². The van der Waals surface area contributed by atoms with Gasteiger partial charge in [-0.2, -0.15) is 0 Å². The van der Waals surface area contributed by atoms with Crippen LogP contribution < -0.4 is 9.46 Å². The number of sulfonamides is 2. The van der Waals surface area contributed by atoms with Gasteiger partial charge >= 0.3 is 0 Å². The highest BCUT2D eigenvalue weighted by molar-refractivity contribution is 9.10. The highest BCUT2D eigenvalue weighted by Crippen LogP contribution is 2.30. The zero-order chi connectivity index (χ0) is 18.8. The molecule has 1 N–H and O–H groups in total. The number of halogens is 1. The fourth-order valence-corrected chi connectivity index (χ4v) is 4.71. The summed E-state index contributed by atoms with van der Waals surface area (Å²) in [6, 6.07) is 10.2. The monoisotopic (exact) mass is 448 g/mol. The Morgan fingerprint density at radius 1 is 1.04 bits per heavy atom. The van der Waals surface area contributed by atoms with Gasteiger partial charge in [-0.3, -0.25) is 4.72 Å². The van der Waals surface area contributed by atoms with Crippen LogP contribution in [0.5, 0.6) is 5.75 Å². The second-order valence-electron chi connectivity index (χ2n) is 5.22. The SMILES string of the molecule is COc1ccc(NS(=O)(=O)c2cccc(Br)c2)cc1S(=O)(=O)N(C)C. The van der Waals surface area contributed by atoms with Crippen molar-refractivity contribution in [1.82, 2.24) is 4.31 Å². The van der Waals surface area contributed by atoms with Gasteiger partial charge in [0.2, 0.25) is 10.0 Å². The van der Waals surface area contributed by atoms with E-state index in [1.54, 1.807) is 12.1 Å². The summed E-state index contributed by atoms with van der Waals surface area (Å²) in [4.78, 5) is -0.0795. The Labute approximate surface area is 155 Å². The summed E-state index contributed by atoms with van der Waals surface area (Å²) in [5.41, 5.74) is 0.112. The molecule has 0 saturated heterocycles. The van der Waals surface area contributed by atoms with Crippen molar-refractivity contribution in [2.45, 2.75) is 9.79 Å². The van der Waals surface area contributed by atoms with E-state index in [4.69, 9.17) is 4.74 Å². The average Bonchev–Trinajstić information content (AvgIpc) is 2.54. The Bertz CT molecular complexity index is 989. The first-order chi connectivity index (χ1) is 11.6. The van der Waals surface area contributed by atoms with E-state index in [0.29, 0.717) is 4.47 Å². The van der Waals surface area contributed by atoms with Gasteiger partial charge in [-0.1, -0.05) is 22.0 Å². The normalized spacial score (nSPS) is 12.2. The standard InChI is InChI=1S/C15H17BrN2O5S2/c1-18(2)25(21,22)15-10-12(7-8-14(15)23-3)17-24(19,20)13-6-4-5-11(16)9-13/h4-10,17H,1-3H3. The van der Waals surface area contributed by atoms with Crippen LogP contribution >= 0.6 is 15.9 Å². The van der Waals surface area contributed by atoms with Crippen molar-refractivity contribution in [1.29, 1.82) is 0 Å². The van der Waals surface area contributed by atoms with Gasteiger partial charge in [0, 0.05) is 18.6 Å². The van der Waals surface area contributed by atoms with Crippen LogP contribution in [0.25, 0.3) is 0 Å². The van der Waals surface area contributed by atoms with Crippen LogP contribution in [0.1, 0.15) is 0 Å². The molecule has 0 aromatic heterocycles. The predicted molar refractivity (Wildman–Crippen MR) is 98.8 cm³/mol. The van der Waals surface area contributed by atoms with Crippen molar-refractivity contribution in [2.75, 3.05) is 25.9 Å². The van der Waals surface area contributed by atoms with E-state index < -0.39 is 20.0 Å². The van der Waals surface area contributed by atoms with E-state index in [1.807, 2.05) is 0 Å². The van der Waals surface area contributed by atoms with Gasteiger partial charge in [0.05, 0.1) is 17.7 Å². The molecule has 0 aliphatic carbocycles. The Balaban J connectivity index is 2.48. The van der Waals surface area contributed by atoms with E-state index >= 15 is 0 Å². The van der Waals surface area contributed by atoms with E-state index in [9.17, 15) is 16.8 Å². The van der Waals surface area contributed by atoms with Gasteiger partial charge < -0.3 is 4.74 Å². The van der Waals surface area contributed by atoms with E-state index in [0.717, 1.165) is 4.31 Å². The number of methoxy groups -OCH3 is 1. The van der Waals surface area contributed by atoms with Crippen LogP contribution in [-0.2, 0) is 20.0 Å². The maximum Gasteiger partial charge on any atom is 0.261 e. The molecule has 136 valence electrons. The van der Waals surface area contributed by atoms with Gasteiger partial charge in [-0.25, -0.2) is 21.1 Å². The first-order valence-electron chi connectivity index (χ1n) is 6.97. The molecule has 0 fully saturated rings. The van der Waals surface area contributed by atoms with Gasteiger partial charge in [-0.15, -0.1) is 0 Å². The van der Waals surface area contributed by atoms with E-state index in [1.165, 1.54) is 51.5 Å². The number of anilines is 1. The van der Waals surface area contributed by atoms with Crippen LogP contribution in [0.3, 0.4) is 0 Å². The zero-order valence-corrected chi connectivity index (χ0v) is 16.9. The molecule has 2 aromatic rings. The number of ether oxygens (including phenoxy) is 1. The Morgan fingerprint density at radius 3 is 2.28 bits per heavy atom. The molecular weight excluding hydrogens is 432 g/mol. The van der Waals surface area contributed by atoms with Crippen LogP contribution in [0.4, 0.5) is 5.69 Å². The molecule has 2 aromatic carbocycles. The molecule has 0 aliphatic rings. The minimum atomic E-state index is -3.87. The number of hydrogen-bond donors (Lipinski definition) is 1. The molecule has 25 heavy (non-hydrogen) atoms. The summed E-state index contributed by atoms with van der Waals surface area (Å²) in [7, 11) is -3.56. The molecule has 2 rings (SSSR count). The van der Waals surface area contributed by atoms with Crippen LogP contribution in [0.2, 0.25) is 0 Å². The van der Waals surface area contributed by atoms with Crippen molar-refractivity contribution in [3.63, 3.8) is 0 Å². The third-order valence-electron chi connectivity index (χ3n) is 3.28. The van der Waals surface area contributed by atoms with Gasteiger partial charge in [-0.05, 0) is 36.4 Å². The fraction of sp³-hybridized carbons (Fsp3) is 0.200. The molecule has 0 radical (unpaired) electrons. The van der Waals surface area contributed by atoms with Crippen molar-refractivity contribution in [3.8, 4) is 5.75 Å². The van der Waals surface area contributed by atoms with Crippen molar-refractivity contribution in [2.24, 2.45) is 0 Å². The third-order valence-corrected chi connectivity index (χ3v) is 6.99. The van der Waals surface area contributed by atoms with Gasteiger partial charge in [0.1, 0.15) is 10.6 Å². The Morgan fingerprint density at radius 2 is 1.72 bits per heavy atom. The van der Waals surface area contributed by atoms with Crippen LogP contribution in [0.15, 0.2) is 56.7 Å². The summed E-state index contributed by atoms with van der Waals surface area (Å²) in [6.45, 7) is 0. The fourth-order valence-electron chi connectivity index (χ4n) is 1.99. The average molecular weight is 449 g/mol. The second kappa shape index (κ2) is 7.32. The zero-order valence-electron chi connectivity index (χ0n) is 13.7. The number of hydrogen-bond acceptors (Lipinski definition) is 5. The lowest BCUT2D eigenvalue weighted by atomic mass is 10.3. The number of nitrogens with zero attached hydrogens (tertiary/aromatic N) is 1. The number of nitrogens with one attached hydrogen (secondary N) is 1. The summed E-state index contributed by atoms with van der Waals surface area (Å²) < 4.78 is 58.9. The number of rotatable bonds is 6. The molecule has 0 atom stereocenters. The van der Waals surface area contributed by atoms with Crippen LogP contribution in [-0.4, -0.2) is 42.3 Å².